The van der Waals surface area contributed by atoms with Crippen molar-refractivity contribution in [2.45, 2.75) is 0 Å². The molecule has 0 spiro atoms. The molecule has 0 aliphatic carbocycles. The normalized spacial score (nSPS) is 17.6. The van der Waals surface area contributed by atoms with Gasteiger partial charge in [-0.2, -0.15) is 0 Å². The van der Waals surface area contributed by atoms with E-state index in [0.717, 1.165) is 5.56 Å². The van der Waals surface area contributed by atoms with Crippen LogP contribution in [0, 0.1) is 4.91 Å². The summed E-state index contributed by atoms with van der Waals surface area (Å²) in [7, 11) is 1.36. The Kier molecular flexibility index (Phi) is 3.57. The molecule has 1 heterocycles. The number of Topliss-reactive ketones (excluding diaryl/α,β-unsaturated/α-hetero) is 1. The Bertz CT molecular complexity index is 564. The standard InChI is InChI=1S/C12H9BrN2O3/c1-18-12-10(15-17)11(16)9(14-12)8(13)7-5-3-2-4-6-7/h2-6,14H,1H3/b9-8-. The van der Waals surface area contributed by atoms with E-state index in [1.54, 1.807) is 0 Å². The van der Waals surface area contributed by atoms with Crippen molar-refractivity contribution >= 4 is 26.2 Å². The molecule has 92 valence electrons. The minimum absolute atomic E-state index is 0.0675. The quantitative estimate of drug-likeness (QED) is 0.688. The molecule has 1 aliphatic rings. The van der Waals surface area contributed by atoms with Gasteiger partial charge in [-0.05, 0) is 26.7 Å². The Balaban J connectivity index is 2.44. The van der Waals surface area contributed by atoms with Gasteiger partial charge in [0.25, 0.3) is 0 Å². The van der Waals surface area contributed by atoms with Crippen LogP contribution in [0.15, 0.2) is 52.8 Å². The Morgan fingerprint density at radius 1 is 1.33 bits per heavy atom. The van der Waals surface area contributed by atoms with Crippen LogP contribution in [0.4, 0.5) is 0 Å². The third kappa shape index (κ3) is 2.06. The van der Waals surface area contributed by atoms with Crippen LogP contribution in [-0.4, -0.2) is 12.9 Å². The highest BCUT2D eigenvalue weighted by molar-refractivity contribution is 9.15. The minimum Gasteiger partial charge on any atom is -0.481 e. The number of nitrogens with one attached hydrogen (secondary N) is 1. The number of ether oxygens (including phenoxy) is 1. The third-order valence-corrected chi connectivity index (χ3v) is 3.29. The van der Waals surface area contributed by atoms with Crippen LogP contribution < -0.4 is 5.32 Å². The van der Waals surface area contributed by atoms with Crippen LogP contribution in [-0.2, 0) is 9.53 Å². The number of benzene rings is 1. The van der Waals surface area contributed by atoms with Gasteiger partial charge in [-0.1, -0.05) is 30.3 Å². The zero-order valence-electron chi connectivity index (χ0n) is 9.44. The second-order valence-corrected chi connectivity index (χ2v) is 4.28. The number of hydrogen-bond donors (Lipinski definition) is 1. The summed E-state index contributed by atoms with van der Waals surface area (Å²) in [4.78, 5) is 22.5. The van der Waals surface area contributed by atoms with E-state index in [1.807, 2.05) is 30.3 Å². The molecule has 1 aromatic rings. The summed E-state index contributed by atoms with van der Waals surface area (Å²) in [5, 5.41) is 5.42. The van der Waals surface area contributed by atoms with Crippen LogP contribution in [0.2, 0.25) is 0 Å². The van der Waals surface area contributed by atoms with E-state index in [0.29, 0.717) is 4.48 Å². The SMILES string of the molecule is COC1=C(N=O)C(=O)/C(=C(/Br)c2ccccc2)N1. The number of rotatable bonds is 3. The molecule has 0 aromatic heterocycles. The van der Waals surface area contributed by atoms with Gasteiger partial charge >= 0.3 is 0 Å². The summed E-state index contributed by atoms with van der Waals surface area (Å²) >= 11 is 3.34. The number of carbonyl (C=O) groups excluding carboxylic acids is 1. The van der Waals surface area contributed by atoms with Gasteiger partial charge in [-0.25, -0.2) is 0 Å². The maximum Gasteiger partial charge on any atom is 0.237 e. The number of hydrogen-bond acceptors (Lipinski definition) is 5. The molecule has 1 N–H and O–H groups in total. The van der Waals surface area contributed by atoms with Gasteiger partial charge in [0, 0.05) is 0 Å². The van der Waals surface area contributed by atoms with Crippen molar-refractivity contribution in [3.05, 3.63) is 58.1 Å². The zero-order chi connectivity index (χ0) is 13.1. The fraction of sp³-hybridized carbons (Fsp3) is 0.0833. The highest BCUT2D eigenvalue weighted by Crippen LogP contribution is 2.30. The van der Waals surface area contributed by atoms with E-state index in [1.165, 1.54) is 7.11 Å². The maximum absolute atomic E-state index is 11.9. The fourth-order valence-corrected chi connectivity index (χ4v) is 2.11. The summed E-state index contributed by atoms with van der Waals surface area (Å²) in [6, 6.07) is 9.24. The summed E-state index contributed by atoms with van der Waals surface area (Å²) in [6.07, 6.45) is 0. The topological polar surface area (TPSA) is 67.8 Å². The lowest BCUT2D eigenvalue weighted by Crippen LogP contribution is -2.11. The van der Waals surface area contributed by atoms with Crippen molar-refractivity contribution in [1.29, 1.82) is 0 Å². The van der Waals surface area contributed by atoms with Gasteiger partial charge < -0.3 is 10.1 Å². The van der Waals surface area contributed by atoms with E-state index < -0.39 is 5.78 Å². The van der Waals surface area contributed by atoms with Crippen molar-refractivity contribution < 1.29 is 9.53 Å². The number of methoxy groups -OCH3 is 1. The van der Waals surface area contributed by atoms with Gasteiger partial charge in [-0.3, -0.25) is 4.79 Å². The highest BCUT2D eigenvalue weighted by Gasteiger charge is 2.32. The van der Waals surface area contributed by atoms with Gasteiger partial charge in [-0.15, -0.1) is 4.91 Å². The molecule has 1 aliphatic heterocycles. The van der Waals surface area contributed by atoms with E-state index in [4.69, 9.17) is 4.74 Å². The van der Waals surface area contributed by atoms with Crippen LogP contribution in [0.1, 0.15) is 5.56 Å². The predicted octanol–water partition coefficient (Wildman–Crippen LogP) is 2.50. The zero-order valence-corrected chi connectivity index (χ0v) is 11.0. The molecule has 0 amide bonds. The van der Waals surface area contributed by atoms with Crippen LogP contribution in [0.25, 0.3) is 4.48 Å². The average Bonchev–Trinajstić information content (AvgIpc) is 2.75. The number of nitrogens with zero attached hydrogens (tertiary/aromatic N) is 1. The Morgan fingerprint density at radius 2 is 2.00 bits per heavy atom. The van der Waals surface area contributed by atoms with Gasteiger partial charge in [0.15, 0.2) is 0 Å². The van der Waals surface area contributed by atoms with E-state index in [9.17, 15) is 9.70 Å². The molecule has 0 saturated heterocycles. The molecule has 0 radical (unpaired) electrons. The largest absolute Gasteiger partial charge is 0.481 e. The number of ketones is 1. The summed E-state index contributed by atoms with van der Waals surface area (Å²) < 4.78 is 5.46. The van der Waals surface area contributed by atoms with Gasteiger partial charge in [0.2, 0.25) is 17.4 Å². The van der Waals surface area contributed by atoms with Crippen molar-refractivity contribution in [1.82, 2.24) is 5.32 Å². The Hall–Kier alpha value is -1.95. The number of carbonyl (C=O) groups is 1. The van der Waals surface area contributed by atoms with Gasteiger partial charge in [0.05, 0.1) is 11.6 Å². The molecule has 5 nitrogen and oxygen atoms in total. The van der Waals surface area contributed by atoms with Crippen molar-refractivity contribution in [3.8, 4) is 0 Å². The first kappa shape index (κ1) is 12.5. The first-order chi connectivity index (χ1) is 8.69. The van der Waals surface area contributed by atoms with Crippen LogP contribution >= 0.6 is 15.9 Å². The second-order valence-electron chi connectivity index (χ2n) is 3.48. The second kappa shape index (κ2) is 5.14. The summed E-state index contributed by atoms with van der Waals surface area (Å²) in [5.41, 5.74) is 0.809. The average molecular weight is 309 g/mol. The molecule has 0 unspecified atom stereocenters. The molecule has 6 heteroatoms. The number of nitroso groups, excluding NO2 is 1. The Labute approximate surface area is 112 Å². The van der Waals surface area contributed by atoms with Crippen LogP contribution in [0.3, 0.4) is 0 Å². The van der Waals surface area contributed by atoms with E-state index >= 15 is 0 Å². The Morgan fingerprint density at radius 3 is 2.50 bits per heavy atom. The molecule has 18 heavy (non-hydrogen) atoms. The number of halogens is 1. The first-order valence-corrected chi connectivity index (χ1v) is 5.87. The molecule has 0 saturated carbocycles. The molecule has 0 atom stereocenters. The molecule has 2 rings (SSSR count). The summed E-state index contributed by atoms with van der Waals surface area (Å²) in [6.45, 7) is 0. The maximum atomic E-state index is 11.9. The van der Waals surface area contributed by atoms with Crippen molar-refractivity contribution in [3.63, 3.8) is 0 Å². The van der Waals surface area contributed by atoms with Crippen molar-refractivity contribution in [2.24, 2.45) is 5.18 Å². The third-order valence-electron chi connectivity index (χ3n) is 2.44. The lowest BCUT2D eigenvalue weighted by atomic mass is 10.1. The highest BCUT2D eigenvalue weighted by atomic mass is 79.9. The molecular weight excluding hydrogens is 300 g/mol. The lowest BCUT2D eigenvalue weighted by Gasteiger charge is -2.05. The molecule has 0 fully saturated rings. The first-order valence-electron chi connectivity index (χ1n) is 5.07. The predicted molar refractivity (Wildman–Crippen MR) is 70.3 cm³/mol. The summed E-state index contributed by atoms with van der Waals surface area (Å²) in [5.74, 6) is -0.421. The van der Waals surface area contributed by atoms with Gasteiger partial charge in [0.1, 0.15) is 5.70 Å². The van der Waals surface area contributed by atoms with E-state index in [-0.39, 0.29) is 17.3 Å². The monoisotopic (exact) mass is 308 g/mol. The van der Waals surface area contributed by atoms with Crippen molar-refractivity contribution in [2.75, 3.05) is 7.11 Å². The fourth-order valence-electron chi connectivity index (χ4n) is 1.56. The van der Waals surface area contributed by atoms with Crippen LogP contribution in [0.5, 0.6) is 0 Å². The lowest BCUT2D eigenvalue weighted by molar-refractivity contribution is -0.112. The molecular formula is C12H9BrN2O3. The molecule has 1 aromatic carbocycles. The smallest absolute Gasteiger partial charge is 0.237 e. The van der Waals surface area contributed by atoms with E-state index in [2.05, 4.69) is 26.4 Å². The molecule has 0 bridgehead atoms. The minimum atomic E-state index is -0.488.